The zero-order valence-corrected chi connectivity index (χ0v) is 6.49. The van der Waals surface area contributed by atoms with Gasteiger partial charge >= 0.3 is 0 Å². The molecule has 0 aromatic carbocycles. The van der Waals surface area contributed by atoms with Crippen LogP contribution in [0.25, 0.3) is 0 Å². The Balaban J connectivity index is 0.000000291. The lowest BCUT2D eigenvalue weighted by atomic mass is 9.91. The summed E-state index contributed by atoms with van der Waals surface area (Å²) in [6, 6.07) is 0. The van der Waals surface area contributed by atoms with Crippen LogP contribution in [0.2, 0.25) is 0 Å². The summed E-state index contributed by atoms with van der Waals surface area (Å²) in [5.74, 6) is 1.04. The van der Waals surface area contributed by atoms with Crippen LogP contribution in [0, 0.1) is 5.92 Å². The lowest BCUT2D eigenvalue weighted by Crippen LogP contribution is -1.99. The smallest absolute Gasteiger partial charge is 0.0785 e. The minimum Gasteiger partial charge on any atom is -0.255 e. The van der Waals surface area contributed by atoms with Crippen LogP contribution in [-0.2, 0) is 0 Å². The average molecular weight is 132 g/mol. The van der Waals surface area contributed by atoms with Gasteiger partial charge in [-0.25, -0.2) is 0 Å². The third-order valence-corrected chi connectivity index (χ3v) is 1.89. The first-order valence-electron chi connectivity index (χ1n) is 3.77. The van der Waals surface area contributed by atoms with Crippen LogP contribution >= 0.6 is 0 Å². The van der Waals surface area contributed by atoms with Gasteiger partial charge in [0.05, 0.1) is 7.18 Å². The number of hydrogen-bond acceptors (Lipinski definition) is 0. The van der Waals surface area contributed by atoms with Crippen LogP contribution in [0.1, 0.15) is 39.0 Å². The Morgan fingerprint density at radius 3 is 1.67 bits per heavy atom. The van der Waals surface area contributed by atoms with Crippen LogP contribution in [0.5, 0.6) is 0 Å². The summed E-state index contributed by atoms with van der Waals surface area (Å²) in [7, 11) is 0.500. The van der Waals surface area contributed by atoms with E-state index in [4.69, 9.17) is 0 Å². The van der Waals surface area contributed by atoms with E-state index in [0.717, 1.165) is 5.92 Å². The molecular weight excluding hydrogens is 115 g/mol. The Hall–Kier alpha value is -0.0700. The summed E-state index contributed by atoms with van der Waals surface area (Å²) in [6.45, 7) is 2.36. The highest BCUT2D eigenvalue weighted by molar-refractivity contribution is 4.59. The molecule has 0 spiro atoms. The first-order valence-corrected chi connectivity index (χ1v) is 3.77. The van der Waals surface area contributed by atoms with Crippen molar-refractivity contribution in [1.82, 2.24) is 0 Å². The molecule has 0 nitrogen and oxygen atoms in total. The molecule has 9 heavy (non-hydrogen) atoms. The SMILES string of the molecule is CC1CCCCC1.CF. The molecule has 1 rings (SSSR count). The van der Waals surface area contributed by atoms with E-state index >= 15 is 0 Å². The quantitative estimate of drug-likeness (QED) is 0.475. The van der Waals surface area contributed by atoms with Crippen molar-refractivity contribution in [1.29, 1.82) is 0 Å². The minimum absolute atomic E-state index is 0.500. The molecule has 0 amide bonds. The molecule has 0 saturated heterocycles. The van der Waals surface area contributed by atoms with E-state index in [-0.39, 0.29) is 0 Å². The molecule has 56 valence electrons. The molecule has 1 heteroatoms. The fourth-order valence-electron chi connectivity index (χ4n) is 1.31. The molecule has 1 fully saturated rings. The molecule has 0 aliphatic heterocycles. The van der Waals surface area contributed by atoms with E-state index in [1.165, 1.54) is 32.1 Å². The van der Waals surface area contributed by atoms with Crippen molar-refractivity contribution in [3.05, 3.63) is 0 Å². The van der Waals surface area contributed by atoms with Crippen molar-refractivity contribution in [2.45, 2.75) is 39.0 Å². The predicted molar refractivity (Wildman–Crippen MR) is 39.3 cm³/mol. The van der Waals surface area contributed by atoms with Gasteiger partial charge in [-0.05, 0) is 5.92 Å². The normalized spacial score (nSPS) is 20.3. The van der Waals surface area contributed by atoms with Gasteiger partial charge in [0.1, 0.15) is 0 Å². The molecule has 0 radical (unpaired) electrons. The standard InChI is InChI=1S/C7H14.CH3F/c1-7-5-3-2-4-6-7;1-2/h7H,2-6H2,1H3;1H3. The Bertz CT molecular complexity index is 46.5. The fraction of sp³-hybridized carbons (Fsp3) is 1.00. The summed E-state index contributed by atoms with van der Waals surface area (Å²) in [4.78, 5) is 0. The first-order chi connectivity index (χ1) is 4.39. The maximum atomic E-state index is 9.50. The van der Waals surface area contributed by atoms with Gasteiger partial charge in [-0.2, -0.15) is 0 Å². The first kappa shape index (κ1) is 8.93. The van der Waals surface area contributed by atoms with Gasteiger partial charge in [-0.15, -0.1) is 0 Å². The summed E-state index contributed by atoms with van der Waals surface area (Å²) >= 11 is 0. The molecule has 1 aliphatic rings. The van der Waals surface area contributed by atoms with Crippen molar-refractivity contribution in [3.8, 4) is 0 Å². The van der Waals surface area contributed by atoms with E-state index in [9.17, 15) is 4.39 Å². The summed E-state index contributed by atoms with van der Waals surface area (Å²) < 4.78 is 9.50. The van der Waals surface area contributed by atoms with Crippen LogP contribution in [0.3, 0.4) is 0 Å². The molecule has 0 heterocycles. The Labute approximate surface area is 57.5 Å². The summed E-state index contributed by atoms with van der Waals surface area (Å²) in [6.07, 6.45) is 7.44. The van der Waals surface area contributed by atoms with Gasteiger partial charge in [-0.3, -0.25) is 4.39 Å². The Morgan fingerprint density at radius 2 is 1.44 bits per heavy atom. The summed E-state index contributed by atoms with van der Waals surface area (Å²) in [5.41, 5.74) is 0. The maximum Gasteiger partial charge on any atom is 0.0785 e. The third kappa shape index (κ3) is 4.43. The second-order valence-electron chi connectivity index (χ2n) is 2.74. The summed E-state index contributed by atoms with van der Waals surface area (Å²) in [5, 5.41) is 0. The van der Waals surface area contributed by atoms with Crippen LogP contribution in [-0.4, -0.2) is 7.18 Å². The van der Waals surface area contributed by atoms with E-state index < -0.39 is 0 Å². The van der Waals surface area contributed by atoms with E-state index in [0.29, 0.717) is 7.18 Å². The van der Waals surface area contributed by atoms with E-state index in [1.807, 2.05) is 0 Å². The molecule has 0 aromatic heterocycles. The highest BCUT2D eigenvalue weighted by Gasteiger charge is 2.05. The molecular formula is C8H17F. The number of halogens is 1. The number of rotatable bonds is 0. The Morgan fingerprint density at radius 1 is 1.00 bits per heavy atom. The van der Waals surface area contributed by atoms with Crippen molar-refractivity contribution in [2.24, 2.45) is 5.92 Å². The highest BCUT2D eigenvalue weighted by atomic mass is 19.1. The van der Waals surface area contributed by atoms with Gasteiger partial charge in [0.2, 0.25) is 0 Å². The molecule has 0 aromatic rings. The van der Waals surface area contributed by atoms with Gasteiger partial charge in [-0.1, -0.05) is 39.0 Å². The van der Waals surface area contributed by atoms with Crippen LogP contribution in [0.4, 0.5) is 4.39 Å². The van der Waals surface area contributed by atoms with Gasteiger partial charge in [0.15, 0.2) is 0 Å². The zero-order valence-electron chi connectivity index (χ0n) is 6.49. The molecule has 0 N–H and O–H groups in total. The number of alkyl halides is 1. The molecule has 1 aliphatic carbocycles. The zero-order chi connectivity index (χ0) is 7.11. The van der Waals surface area contributed by atoms with Gasteiger partial charge in [0.25, 0.3) is 0 Å². The monoisotopic (exact) mass is 132 g/mol. The second-order valence-corrected chi connectivity index (χ2v) is 2.74. The lowest BCUT2D eigenvalue weighted by molar-refractivity contribution is 0.385. The van der Waals surface area contributed by atoms with Crippen molar-refractivity contribution >= 4 is 0 Å². The topological polar surface area (TPSA) is 0 Å². The molecule has 0 atom stereocenters. The molecule has 1 saturated carbocycles. The van der Waals surface area contributed by atoms with Crippen molar-refractivity contribution in [3.63, 3.8) is 0 Å². The third-order valence-electron chi connectivity index (χ3n) is 1.89. The van der Waals surface area contributed by atoms with E-state index in [1.54, 1.807) is 0 Å². The molecule has 0 unspecified atom stereocenters. The fourth-order valence-corrected chi connectivity index (χ4v) is 1.31. The van der Waals surface area contributed by atoms with E-state index in [2.05, 4.69) is 6.92 Å². The average Bonchev–Trinajstić information content (AvgIpc) is 1.94. The maximum absolute atomic E-state index is 9.50. The Kier molecular flexibility index (Phi) is 6.01. The highest BCUT2D eigenvalue weighted by Crippen LogP contribution is 2.21. The molecule has 0 bridgehead atoms. The van der Waals surface area contributed by atoms with Crippen LogP contribution < -0.4 is 0 Å². The lowest BCUT2D eigenvalue weighted by Gasteiger charge is -2.15. The van der Waals surface area contributed by atoms with Crippen molar-refractivity contribution < 1.29 is 4.39 Å². The van der Waals surface area contributed by atoms with Gasteiger partial charge in [0, 0.05) is 0 Å². The van der Waals surface area contributed by atoms with Crippen LogP contribution in [0.15, 0.2) is 0 Å². The largest absolute Gasteiger partial charge is 0.255 e. The number of hydrogen-bond donors (Lipinski definition) is 0. The predicted octanol–water partition coefficient (Wildman–Crippen LogP) is 3.17. The minimum atomic E-state index is 0.500. The van der Waals surface area contributed by atoms with Gasteiger partial charge < -0.3 is 0 Å². The second kappa shape index (κ2) is 6.06. The van der Waals surface area contributed by atoms with Crippen molar-refractivity contribution in [2.75, 3.05) is 7.18 Å².